The van der Waals surface area contributed by atoms with E-state index in [0.717, 1.165) is 28.7 Å². The molecule has 0 bridgehead atoms. The van der Waals surface area contributed by atoms with Crippen molar-refractivity contribution in [3.05, 3.63) is 39.8 Å². The van der Waals surface area contributed by atoms with Gasteiger partial charge in [0.15, 0.2) is 0 Å². The molecule has 1 aromatic heterocycles. The zero-order chi connectivity index (χ0) is 13.8. The van der Waals surface area contributed by atoms with Gasteiger partial charge in [-0.1, -0.05) is 0 Å². The van der Waals surface area contributed by atoms with Crippen molar-refractivity contribution in [1.29, 1.82) is 0 Å². The lowest BCUT2D eigenvalue weighted by atomic mass is 10.3. The number of thiazole rings is 1. The van der Waals surface area contributed by atoms with Crippen LogP contribution in [-0.4, -0.2) is 11.1 Å². The topological polar surface area (TPSA) is 34.2 Å². The van der Waals surface area contributed by atoms with Crippen LogP contribution >= 0.6 is 11.3 Å². The van der Waals surface area contributed by atoms with Gasteiger partial charge in [-0.05, 0) is 52.0 Å². The van der Waals surface area contributed by atoms with Gasteiger partial charge in [-0.25, -0.2) is 4.98 Å². The van der Waals surface area contributed by atoms with Crippen LogP contribution in [0, 0.1) is 13.8 Å². The van der Waals surface area contributed by atoms with E-state index in [-0.39, 0.29) is 6.10 Å². The molecule has 2 rings (SSSR count). The number of anilines is 1. The minimum absolute atomic E-state index is 0.210. The van der Waals surface area contributed by atoms with E-state index >= 15 is 0 Å². The summed E-state index contributed by atoms with van der Waals surface area (Å²) in [7, 11) is 0. The van der Waals surface area contributed by atoms with Gasteiger partial charge >= 0.3 is 0 Å². The summed E-state index contributed by atoms with van der Waals surface area (Å²) >= 11 is 1.75. The maximum absolute atomic E-state index is 5.62. The van der Waals surface area contributed by atoms with Crippen molar-refractivity contribution in [2.45, 2.75) is 40.3 Å². The molecule has 0 fully saturated rings. The third kappa shape index (κ3) is 3.96. The van der Waals surface area contributed by atoms with Crippen molar-refractivity contribution in [2.24, 2.45) is 0 Å². The molecule has 19 heavy (non-hydrogen) atoms. The number of nitrogens with one attached hydrogen (secondary N) is 1. The Hall–Kier alpha value is -1.55. The lowest BCUT2D eigenvalue weighted by Crippen LogP contribution is -2.05. The molecule has 1 N–H and O–H groups in total. The molecule has 1 heterocycles. The first kappa shape index (κ1) is 13.9. The van der Waals surface area contributed by atoms with E-state index in [4.69, 9.17) is 4.74 Å². The highest BCUT2D eigenvalue weighted by atomic mass is 32.1. The average Bonchev–Trinajstić information content (AvgIpc) is 2.66. The minimum atomic E-state index is 0.210. The largest absolute Gasteiger partial charge is 0.491 e. The highest BCUT2D eigenvalue weighted by Crippen LogP contribution is 2.20. The monoisotopic (exact) mass is 276 g/mol. The third-order valence-corrected chi connectivity index (χ3v) is 3.75. The number of hydrogen-bond donors (Lipinski definition) is 1. The molecule has 2 aromatic rings. The lowest BCUT2D eigenvalue weighted by molar-refractivity contribution is 0.242. The van der Waals surface area contributed by atoms with E-state index < -0.39 is 0 Å². The number of nitrogens with zero attached hydrogens (tertiary/aromatic N) is 1. The minimum Gasteiger partial charge on any atom is -0.491 e. The lowest BCUT2D eigenvalue weighted by Gasteiger charge is -2.10. The van der Waals surface area contributed by atoms with Crippen LogP contribution in [0.15, 0.2) is 24.3 Å². The van der Waals surface area contributed by atoms with E-state index in [1.165, 1.54) is 4.88 Å². The first-order valence-electron chi connectivity index (χ1n) is 6.48. The summed E-state index contributed by atoms with van der Waals surface area (Å²) in [6.45, 7) is 8.98. The van der Waals surface area contributed by atoms with E-state index in [0.29, 0.717) is 0 Å². The third-order valence-electron chi connectivity index (χ3n) is 2.68. The Bertz CT molecular complexity index is 532. The molecule has 0 unspecified atom stereocenters. The van der Waals surface area contributed by atoms with E-state index in [1.54, 1.807) is 11.3 Å². The van der Waals surface area contributed by atoms with Crippen LogP contribution in [0.3, 0.4) is 0 Å². The van der Waals surface area contributed by atoms with E-state index in [2.05, 4.69) is 17.2 Å². The summed E-state index contributed by atoms with van der Waals surface area (Å²) in [5, 5.41) is 4.53. The molecule has 0 saturated carbocycles. The molecule has 1 aromatic carbocycles. The Morgan fingerprint density at radius 2 is 1.89 bits per heavy atom. The maximum Gasteiger partial charge on any atom is 0.119 e. The number of hydrogen-bond acceptors (Lipinski definition) is 4. The predicted octanol–water partition coefficient (Wildman–Crippen LogP) is 4.16. The van der Waals surface area contributed by atoms with Gasteiger partial charge in [-0.15, -0.1) is 11.3 Å². The number of ether oxygens (including phenoxy) is 1. The van der Waals surface area contributed by atoms with Crippen LogP contribution in [0.1, 0.15) is 29.4 Å². The fourth-order valence-corrected chi connectivity index (χ4v) is 2.72. The molecule has 4 heteroatoms. The normalized spacial score (nSPS) is 10.8. The fourth-order valence-electron chi connectivity index (χ4n) is 1.84. The Kier molecular flexibility index (Phi) is 4.43. The summed E-state index contributed by atoms with van der Waals surface area (Å²) in [6.07, 6.45) is 0.210. The number of aromatic nitrogens is 1. The quantitative estimate of drug-likeness (QED) is 0.890. The maximum atomic E-state index is 5.62. The number of rotatable bonds is 5. The molecular formula is C15H20N2OS. The summed E-state index contributed by atoms with van der Waals surface area (Å²) in [4.78, 5) is 5.72. The van der Waals surface area contributed by atoms with Crippen molar-refractivity contribution in [1.82, 2.24) is 4.98 Å². The zero-order valence-corrected chi connectivity index (χ0v) is 12.7. The van der Waals surface area contributed by atoms with Crippen molar-refractivity contribution >= 4 is 17.0 Å². The van der Waals surface area contributed by atoms with Gasteiger partial charge in [0.2, 0.25) is 0 Å². The van der Waals surface area contributed by atoms with Gasteiger partial charge in [-0.3, -0.25) is 0 Å². The molecule has 102 valence electrons. The highest BCUT2D eigenvalue weighted by molar-refractivity contribution is 7.11. The second-order valence-corrected chi connectivity index (χ2v) is 6.07. The highest BCUT2D eigenvalue weighted by Gasteiger charge is 2.04. The Morgan fingerprint density at radius 3 is 2.42 bits per heavy atom. The van der Waals surface area contributed by atoms with Gasteiger partial charge in [0.05, 0.1) is 23.4 Å². The molecule has 3 nitrogen and oxygen atoms in total. The molecular weight excluding hydrogens is 256 g/mol. The van der Waals surface area contributed by atoms with Crippen LogP contribution < -0.4 is 10.1 Å². The van der Waals surface area contributed by atoms with Crippen LogP contribution in [0.5, 0.6) is 5.75 Å². The van der Waals surface area contributed by atoms with Crippen molar-refractivity contribution in [3.8, 4) is 5.75 Å². The summed E-state index contributed by atoms with van der Waals surface area (Å²) in [5.74, 6) is 0.908. The predicted molar refractivity (Wildman–Crippen MR) is 81.1 cm³/mol. The van der Waals surface area contributed by atoms with E-state index in [9.17, 15) is 0 Å². The van der Waals surface area contributed by atoms with Crippen molar-refractivity contribution in [3.63, 3.8) is 0 Å². The molecule has 0 amide bonds. The number of aryl methyl sites for hydroxylation is 2. The van der Waals surface area contributed by atoms with Gasteiger partial charge in [0.25, 0.3) is 0 Å². The molecule has 0 aliphatic carbocycles. The molecule has 0 saturated heterocycles. The second-order valence-electron chi connectivity index (χ2n) is 4.79. The smallest absolute Gasteiger partial charge is 0.119 e. The summed E-state index contributed by atoms with van der Waals surface area (Å²) in [5.41, 5.74) is 2.22. The molecule has 0 atom stereocenters. The Labute approximate surface area is 118 Å². The zero-order valence-electron chi connectivity index (χ0n) is 11.9. The molecule has 0 aliphatic rings. The first-order chi connectivity index (χ1) is 9.04. The van der Waals surface area contributed by atoms with Crippen LogP contribution in [0.4, 0.5) is 5.69 Å². The van der Waals surface area contributed by atoms with Crippen molar-refractivity contribution < 1.29 is 4.74 Å². The molecule has 0 spiro atoms. The SMILES string of the molecule is Cc1nc(C)c(CNc2ccc(OC(C)C)cc2)s1. The van der Waals surface area contributed by atoms with Gasteiger partial charge < -0.3 is 10.1 Å². The standard InChI is InChI=1S/C15H20N2OS/c1-10(2)18-14-7-5-13(6-8-14)16-9-15-11(3)17-12(4)19-15/h5-8,10,16H,9H2,1-4H3. The van der Waals surface area contributed by atoms with Gasteiger partial charge in [-0.2, -0.15) is 0 Å². The van der Waals surface area contributed by atoms with Gasteiger partial charge in [0.1, 0.15) is 5.75 Å². The van der Waals surface area contributed by atoms with E-state index in [1.807, 2.05) is 45.0 Å². The summed E-state index contributed by atoms with van der Waals surface area (Å²) < 4.78 is 5.62. The fraction of sp³-hybridized carbons (Fsp3) is 0.400. The molecule has 0 radical (unpaired) electrons. The first-order valence-corrected chi connectivity index (χ1v) is 7.29. The summed E-state index contributed by atoms with van der Waals surface area (Å²) in [6, 6.07) is 8.07. The van der Waals surface area contributed by atoms with Crippen LogP contribution in [0.25, 0.3) is 0 Å². The second kappa shape index (κ2) is 6.06. The Balaban J connectivity index is 1.94. The average molecular weight is 276 g/mol. The Morgan fingerprint density at radius 1 is 1.21 bits per heavy atom. The number of benzene rings is 1. The van der Waals surface area contributed by atoms with Crippen LogP contribution in [0.2, 0.25) is 0 Å². The van der Waals surface area contributed by atoms with Crippen LogP contribution in [-0.2, 0) is 6.54 Å². The van der Waals surface area contributed by atoms with Gasteiger partial charge in [0, 0.05) is 10.6 Å². The molecule has 0 aliphatic heterocycles. The van der Waals surface area contributed by atoms with Crippen molar-refractivity contribution in [2.75, 3.05) is 5.32 Å².